The molecule has 0 aliphatic heterocycles. The van der Waals surface area contributed by atoms with Crippen molar-refractivity contribution in [3.05, 3.63) is 46.6 Å². The lowest BCUT2D eigenvalue weighted by Gasteiger charge is -1.99. The Bertz CT molecular complexity index is 678. The van der Waals surface area contributed by atoms with Gasteiger partial charge >= 0.3 is 0 Å². The number of nitrogens with zero attached hydrogens (tertiary/aromatic N) is 2. The molecule has 1 aromatic carbocycles. The molecule has 3 aromatic rings. The predicted octanol–water partition coefficient (Wildman–Crippen LogP) is 4.44. The highest BCUT2D eigenvalue weighted by molar-refractivity contribution is 9.10. The summed E-state index contributed by atoms with van der Waals surface area (Å²) < 4.78 is 6.65. The molecule has 3 rings (SSSR count). The molecule has 0 N–H and O–H groups in total. The minimum absolute atomic E-state index is 0.616. The summed E-state index contributed by atoms with van der Waals surface area (Å²) in [6, 6.07) is 9.73. The first-order chi connectivity index (χ1) is 8.72. The Morgan fingerprint density at radius 1 is 1.28 bits per heavy atom. The van der Waals surface area contributed by atoms with Crippen molar-refractivity contribution in [3.8, 4) is 0 Å². The molecular weight excluding hydrogens is 312 g/mol. The Hall–Kier alpha value is -1.33. The third-order valence-electron chi connectivity index (χ3n) is 2.49. The lowest BCUT2D eigenvalue weighted by molar-refractivity contribution is 0.489. The summed E-state index contributed by atoms with van der Waals surface area (Å²) in [6.07, 6.45) is 1.79. The molecule has 18 heavy (non-hydrogen) atoms. The van der Waals surface area contributed by atoms with Crippen LogP contribution >= 0.6 is 27.7 Å². The molecule has 0 unspecified atom stereocenters. The van der Waals surface area contributed by atoms with Gasteiger partial charge in [0, 0.05) is 10.7 Å². The summed E-state index contributed by atoms with van der Waals surface area (Å²) in [6.45, 7) is 2.03. The lowest BCUT2D eigenvalue weighted by atomic mass is 10.3. The maximum absolute atomic E-state index is 5.64. The van der Waals surface area contributed by atoms with Gasteiger partial charge in [-0.25, -0.2) is 9.97 Å². The Morgan fingerprint density at radius 2 is 2.11 bits per heavy atom. The molecule has 0 saturated carbocycles. The second kappa shape index (κ2) is 4.74. The van der Waals surface area contributed by atoms with E-state index in [1.807, 2.05) is 37.3 Å². The van der Waals surface area contributed by atoms with E-state index in [1.54, 1.807) is 6.20 Å². The quantitative estimate of drug-likeness (QED) is 0.699. The minimum atomic E-state index is 0.616. The van der Waals surface area contributed by atoms with Crippen LogP contribution in [0.1, 0.15) is 5.56 Å². The lowest BCUT2D eigenvalue weighted by Crippen LogP contribution is -1.83. The maximum atomic E-state index is 5.64. The molecule has 90 valence electrons. The zero-order valence-corrected chi connectivity index (χ0v) is 12.0. The fourth-order valence-electron chi connectivity index (χ4n) is 1.55. The van der Waals surface area contributed by atoms with Crippen molar-refractivity contribution in [3.63, 3.8) is 0 Å². The minimum Gasteiger partial charge on any atom is -0.431 e. The van der Waals surface area contributed by atoms with Gasteiger partial charge in [0.25, 0.3) is 5.22 Å². The summed E-state index contributed by atoms with van der Waals surface area (Å²) in [5, 5.41) is 1.49. The highest BCUT2D eigenvalue weighted by atomic mass is 79.9. The third-order valence-corrected chi connectivity index (χ3v) is 4.10. The zero-order valence-electron chi connectivity index (χ0n) is 9.55. The first-order valence-electron chi connectivity index (χ1n) is 5.38. The topological polar surface area (TPSA) is 38.9 Å². The molecule has 0 radical (unpaired) electrons. The molecule has 0 saturated heterocycles. The smallest absolute Gasteiger partial charge is 0.263 e. The summed E-state index contributed by atoms with van der Waals surface area (Å²) >= 11 is 4.86. The average molecular weight is 321 g/mol. The standard InChI is InChI=1S/C13H9BrN2OS/c1-8-6-12(15-7-9(8)14)18-13-16-10-4-2-3-5-11(10)17-13/h2-7H,1H3. The van der Waals surface area contributed by atoms with Crippen LogP contribution < -0.4 is 0 Å². The Morgan fingerprint density at radius 3 is 2.89 bits per heavy atom. The van der Waals surface area contributed by atoms with E-state index in [2.05, 4.69) is 25.9 Å². The maximum Gasteiger partial charge on any atom is 0.263 e. The van der Waals surface area contributed by atoms with E-state index < -0.39 is 0 Å². The van der Waals surface area contributed by atoms with Crippen LogP contribution in [0.15, 0.2) is 55.7 Å². The Labute approximate surface area is 117 Å². The molecule has 0 spiro atoms. The van der Waals surface area contributed by atoms with E-state index in [0.717, 1.165) is 26.2 Å². The van der Waals surface area contributed by atoms with Crippen LogP contribution in [0.3, 0.4) is 0 Å². The number of rotatable bonds is 2. The molecular formula is C13H9BrN2OS. The Balaban J connectivity index is 1.93. The highest BCUT2D eigenvalue weighted by Gasteiger charge is 2.08. The van der Waals surface area contributed by atoms with E-state index in [-0.39, 0.29) is 0 Å². The highest BCUT2D eigenvalue weighted by Crippen LogP contribution is 2.30. The van der Waals surface area contributed by atoms with Crippen molar-refractivity contribution in [2.75, 3.05) is 0 Å². The van der Waals surface area contributed by atoms with Crippen molar-refractivity contribution >= 4 is 38.8 Å². The molecule has 0 amide bonds. The van der Waals surface area contributed by atoms with Crippen LogP contribution in [0.4, 0.5) is 0 Å². The molecule has 3 nitrogen and oxygen atoms in total. The van der Waals surface area contributed by atoms with E-state index in [9.17, 15) is 0 Å². The van der Waals surface area contributed by atoms with Crippen LogP contribution in [0.5, 0.6) is 0 Å². The first-order valence-corrected chi connectivity index (χ1v) is 6.99. The van der Waals surface area contributed by atoms with Gasteiger partial charge in [0.2, 0.25) is 0 Å². The average Bonchev–Trinajstić information content (AvgIpc) is 2.76. The van der Waals surface area contributed by atoms with Gasteiger partial charge in [0.1, 0.15) is 10.5 Å². The number of halogens is 1. The van der Waals surface area contributed by atoms with Gasteiger partial charge < -0.3 is 4.42 Å². The molecule has 0 aliphatic carbocycles. The van der Waals surface area contributed by atoms with Crippen molar-refractivity contribution in [1.29, 1.82) is 0 Å². The zero-order chi connectivity index (χ0) is 12.5. The van der Waals surface area contributed by atoms with Gasteiger partial charge in [-0.1, -0.05) is 12.1 Å². The number of pyridine rings is 1. The summed E-state index contributed by atoms with van der Waals surface area (Å²) in [5.41, 5.74) is 2.81. The molecule has 0 bridgehead atoms. The summed E-state index contributed by atoms with van der Waals surface area (Å²) in [7, 11) is 0. The first kappa shape index (κ1) is 11.7. The van der Waals surface area contributed by atoms with E-state index in [1.165, 1.54) is 11.8 Å². The Kier molecular flexibility index (Phi) is 3.09. The van der Waals surface area contributed by atoms with Crippen molar-refractivity contribution in [2.45, 2.75) is 17.2 Å². The van der Waals surface area contributed by atoms with E-state index in [0.29, 0.717) is 5.22 Å². The van der Waals surface area contributed by atoms with Gasteiger partial charge in [0.05, 0.1) is 0 Å². The van der Waals surface area contributed by atoms with E-state index in [4.69, 9.17) is 4.42 Å². The van der Waals surface area contributed by atoms with Gasteiger partial charge in [-0.15, -0.1) is 0 Å². The van der Waals surface area contributed by atoms with Gasteiger partial charge in [-0.2, -0.15) is 0 Å². The number of aryl methyl sites for hydroxylation is 1. The van der Waals surface area contributed by atoms with Crippen LogP contribution in [0, 0.1) is 6.92 Å². The fourth-order valence-corrected chi connectivity index (χ4v) is 2.57. The predicted molar refractivity (Wildman–Crippen MR) is 74.8 cm³/mol. The number of para-hydroxylation sites is 2. The third kappa shape index (κ3) is 2.28. The molecule has 5 heteroatoms. The number of benzene rings is 1. The largest absolute Gasteiger partial charge is 0.431 e. The van der Waals surface area contributed by atoms with Crippen molar-refractivity contribution in [1.82, 2.24) is 9.97 Å². The normalized spacial score (nSPS) is 11.0. The summed E-state index contributed by atoms with van der Waals surface area (Å²) in [4.78, 5) is 8.73. The number of hydrogen-bond acceptors (Lipinski definition) is 4. The van der Waals surface area contributed by atoms with Crippen LogP contribution in [-0.4, -0.2) is 9.97 Å². The monoisotopic (exact) mass is 320 g/mol. The van der Waals surface area contributed by atoms with E-state index >= 15 is 0 Å². The van der Waals surface area contributed by atoms with Gasteiger partial charge in [0.15, 0.2) is 5.58 Å². The summed E-state index contributed by atoms with van der Waals surface area (Å²) in [5.74, 6) is 0. The second-order valence-corrected chi connectivity index (χ2v) is 5.65. The van der Waals surface area contributed by atoms with Crippen LogP contribution in [0.25, 0.3) is 11.1 Å². The second-order valence-electron chi connectivity index (χ2n) is 3.82. The molecule has 0 aliphatic rings. The molecule has 0 atom stereocenters. The van der Waals surface area contributed by atoms with Crippen LogP contribution in [0.2, 0.25) is 0 Å². The number of fused-ring (bicyclic) bond motifs is 1. The number of aromatic nitrogens is 2. The molecule has 2 heterocycles. The van der Waals surface area contributed by atoms with Crippen LogP contribution in [-0.2, 0) is 0 Å². The fraction of sp³-hybridized carbons (Fsp3) is 0.0769. The molecule has 2 aromatic heterocycles. The van der Waals surface area contributed by atoms with Gasteiger partial charge in [-0.05, 0) is 58.4 Å². The van der Waals surface area contributed by atoms with Gasteiger partial charge in [-0.3, -0.25) is 0 Å². The number of oxazole rings is 1. The molecule has 0 fully saturated rings. The number of hydrogen-bond donors (Lipinski definition) is 0. The SMILES string of the molecule is Cc1cc(Sc2nc3ccccc3o2)ncc1Br. The van der Waals surface area contributed by atoms with Crippen molar-refractivity contribution in [2.24, 2.45) is 0 Å². The van der Waals surface area contributed by atoms with Crippen molar-refractivity contribution < 1.29 is 4.42 Å².